The van der Waals surface area contributed by atoms with Crippen molar-refractivity contribution in [2.75, 3.05) is 6.54 Å². The zero-order chi connectivity index (χ0) is 19.1. The second kappa shape index (κ2) is 8.57. The van der Waals surface area contributed by atoms with Gasteiger partial charge in [0.1, 0.15) is 12.7 Å². The number of amides is 1. The molecule has 3 aromatic rings. The van der Waals surface area contributed by atoms with E-state index in [4.69, 9.17) is 0 Å². The number of benzene rings is 2. The van der Waals surface area contributed by atoms with Gasteiger partial charge in [-0.3, -0.25) is 4.79 Å². The molecule has 3 rings (SSSR count). The molecule has 0 radical (unpaired) electrons. The number of rotatable bonds is 7. The van der Waals surface area contributed by atoms with Crippen molar-refractivity contribution in [3.05, 3.63) is 93.9 Å². The van der Waals surface area contributed by atoms with Gasteiger partial charge in [0.2, 0.25) is 5.82 Å². The van der Waals surface area contributed by atoms with Crippen molar-refractivity contribution in [2.45, 2.75) is 6.54 Å². The van der Waals surface area contributed by atoms with Crippen LogP contribution < -0.4 is 5.32 Å². The number of hydrogen-bond acceptors (Lipinski definition) is 4. The van der Waals surface area contributed by atoms with Crippen LogP contribution in [0.2, 0.25) is 0 Å². The van der Waals surface area contributed by atoms with Crippen LogP contribution in [0.3, 0.4) is 0 Å². The summed E-state index contributed by atoms with van der Waals surface area (Å²) in [6.07, 6.45) is 4.79. The summed E-state index contributed by atoms with van der Waals surface area (Å²) in [6.45, 7) is 0.487. The number of nitrogens with zero attached hydrogens (tertiary/aromatic N) is 3. The van der Waals surface area contributed by atoms with Gasteiger partial charge in [0.05, 0.1) is 6.54 Å². The lowest BCUT2D eigenvalue weighted by Gasteiger charge is -2.06. The monoisotopic (exact) mass is 362 g/mol. The molecule has 1 heterocycles. The van der Waals surface area contributed by atoms with E-state index in [1.165, 1.54) is 10.8 Å². The minimum atomic E-state index is -0.480. The lowest BCUT2D eigenvalue weighted by Crippen LogP contribution is -2.27. The van der Waals surface area contributed by atoms with Gasteiger partial charge < -0.3 is 15.4 Å². The zero-order valence-electron chi connectivity index (χ0n) is 14.5. The molecule has 136 valence electrons. The Morgan fingerprint density at radius 1 is 1.07 bits per heavy atom. The number of aromatic nitrogens is 2. The molecule has 1 amide bonds. The smallest absolute Gasteiger partial charge is 0.343 e. The fourth-order valence-electron chi connectivity index (χ4n) is 2.60. The van der Waals surface area contributed by atoms with Gasteiger partial charge in [-0.2, -0.15) is 0 Å². The average Bonchev–Trinajstić information content (AvgIpc) is 3.11. The second-order valence-electron chi connectivity index (χ2n) is 5.75. The first-order chi connectivity index (χ1) is 13.1. The van der Waals surface area contributed by atoms with Gasteiger partial charge in [0.15, 0.2) is 0 Å². The van der Waals surface area contributed by atoms with Gasteiger partial charge >= 0.3 is 5.82 Å². The maximum Gasteiger partial charge on any atom is 0.343 e. The fraction of sp³-hybridized carbons (Fsp3) is 0.100. The van der Waals surface area contributed by atoms with Crippen LogP contribution in [-0.4, -0.2) is 26.9 Å². The molecule has 0 bridgehead atoms. The van der Waals surface area contributed by atoms with Crippen LogP contribution in [0.15, 0.2) is 66.9 Å². The summed E-state index contributed by atoms with van der Waals surface area (Å²) in [5.41, 5.74) is 1.51. The highest BCUT2D eigenvalue weighted by atomic mass is 16.6. The van der Waals surface area contributed by atoms with Crippen molar-refractivity contribution in [3.8, 4) is 0 Å². The Labute approximate surface area is 156 Å². The summed E-state index contributed by atoms with van der Waals surface area (Å²) >= 11 is 0. The maximum absolute atomic E-state index is 12.1. The second-order valence-corrected chi connectivity index (χ2v) is 5.75. The van der Waals surface area contributed by atoms with Gasteiger partial charge in [-0.05, 0) is 28.7 Å². The van der Waals surface area contributed by atoms with E-state index in [1.807, 2.05) is 42.5 Å². The van der Waals surface area contributed by atoms with Gasteiger partial charge in [0.25, 0.3) is 5.91 Å². The minimum Gasteiger partial charge on any atom is -0.358 e. The number of carbonyl (C=O) groups is 1. The molecule has 0 atom stereocenters. The highest BCUT2D eigenvalue weighted by molar-refractivity contribution is 5.94. The van der Waals surface area contributed by atoms with Gasteiger partial charge in [-0.1, -0.05) is 48.5 Å². The maximum atomic E-state index is 12.1. The molecule has 0 aliphatic carbocycles. The predicted octanol–water partition coefficient (Wildman–Crippen LogP) is 3.39. The third kappa shape index (κ3) is 4.66. The van der Waals surface area contributed by atoms with Gasteiger partial charge in [-0.15, -0.1) is 0 Å². The SMILES string of the molecule is O=C(NCCn1c([N+](=O)[O-])cnc1C=Cc1ccccc1)c1ccccc1. The summed E-state index contributed by atoms with van der Waals surface area (Å²) in [6, 6.07) is 18.4. The van der Waals surface area contributed by atoms with Crippen molar-refractivity contribution in [1.29, 1.82) is 0 Å². The van der Waals surface area contributed by atoms with Crippen LogP contribution in [-0.2, 0) is 6.54 Å². The van der Waals surface area contributed by atoms with E-state index in [2.05, 4.69) is 10.3 Å². The number of nitrogens with one attached hydrogen (secondary N) is 1. The largest absolute Gasteiger partial charge is 0.358 e. The lowest BCUT2D eigenvalue weighted by atomic mass is 10.2. The topological polar surface area (TPSA) is 90.1 Å². The predicted molar refractivity (Wildman–Crippen MR) is 103 cm³/mol. The molecule has 2 aromatic carbocycles. The molecule has 0 saturated heterocycles. The molecule has 0 fully saturated rings. The molecule has 7 nitrogen and oxygen atoms in total. The molecule has 0 unspecified atom stereocenters. The molecule has 0 aliphatic heterocycles. The third-order valence-electron chi connectivity index (χ3n) is 3.93. The lowest BCUT2D eigenvalue weighted by molar-refractivity contribution is -0.392. The van der Waals surface area contributed by atoms with Crippen molar-refractivity contribution >= 4 is 23.9 Å². The average molecular weight is 362 g/mol. The number of imidazole rings is 1. The van der Waals surface area contributed by atoms with Crippen LogP contribution in [0.1, 0.15) is 21.7 Å². The molecule has 27 heavy (non-hydrogen) atoms. The molecule has 0 aliphatic rings. The molecule has 7 heteroatoms. The zero-order valence-corrected chi connectivity index (χ0v) is 14.5. The summed E-state index contributed by atoms with van der Waals surface area (Å²) in [5.74, 6) is 0.121. The first-order valence-corrected chi connectivity index (χ1v) is 8.41. The summed E-state index contributed by atoms with van der Waals surface area (Å²) < 4.78 is 1.48. The van der Waals surface area contributed by atoms with Gasteiger partial charge in [0, 0.05) is 11.6 Å². The Hall–Kier alpha value is -3.74. The van der Waals surface area contributed by atoms with Crippen molar-refractivity contribution in [2.24, 2.45) is 0 Å². The molecule has 1 aromatic heterocycles. The Bertz CT molecular complexity index is 950. The first-order valence-electron chi connectivity index (χ1n) is 8.41. The van der Waals surface area contributed by atoms with Gasteiger partial charge in [-0.25, -0.2) is 9.55 Å². The van der Waals surface area contributed by atoms with Crippen LogP contribution in [0.25, 0.3) is 12.2 Å². The van der Waals surface area contributed by atoms with Crippen LogP contribution in [0, 0.1) is 10.1 Å². The quantitative estimate of drug-likeness (QED) is 0.515. The van der Waals surface area contributed by atoms with E-state index >= 15 is 0 Å². The van der Waals surface area contributed by atoms with E-state index in [0.29, 0.717) is 11.4 Å². The Balaban J connectivity index is 1.71. The van der Waals surface area contributed by atoms with E-state index < -0.39 is 4.92 Å². The van der Waals surface area contributed by atoms with E-state index in [-0.39, 0.29) is 24.8 Å². The molecule has 1 N–H and O–H groups in total. The first kappa shape index (κ1) is 18.1. The van der Waals surface area contributed by atoms with Crippen LogP contribution in [0.4, 0.5) is 5.82 Å². The highest BCUT2D eigenvalue weighted by Gasteiger charge is 2.18. The molecular formula is C20H18N4O3. The summed E-state index contributed by atoms with van der Waals surface area (Å²) in [5, 5.41) is 14.0. The summed E-state index contributed by atoms with van der Waals surface area (Å²) in [7, 11) is 0. The van der Waals surface area contributed by atoms with E-state index in [1.54, 1.807) is 30.3 Å². The minimum absolute atomic E-state index is 0.114. The number of carbonyl (C=O) groups excluding carboxylic acids is 1. The van der Waals surface area contributed by atoms with Crippen molar-refractivity contribution in [3.63, 3.8) is 0 Å². The third-order valence-corrected chi connectivity index (χ3v) is 3.93. The van der Waals surface area contributed by atoms with Crippen molar-refractivity contribution in [1.82, 2.24) is 14.9 Å². The molecule has 0 saturated carbocycles. The molecule has 0 spiro atoms. The standard InChI is InChI=1S/C20H18N4O3/c25-20(17-9-5-2-6-10-17)21-13-14-23-18(22-15-19(23)24(26)27)12-11-16-7-3-1-4-8-16/h1-12,15H,13-14H2,(H,21,25). The Kier molecular flexibility index (Phi) is 5.73. The van der Waals surface area contributed by atoms with Crippen LogP contribution >= 0.6 is 0 Å². The van der Waals surface area contributed by atoms with E-state index in [0.717, 1.165) is 5.56 Å². The normalized spacial score (nSPS) is 10.8. The van der Waals surface area contributed by atoms with E-state index in [9.17, 15) is 14.9 Å². The number of hydrogen-bond donors (Lipinski definition) is 1. The Morgan fingerprint density at radius 3 is 2.41 bits per heavy atom. The van der Waals surface area contributed by atoms with Crippen LogP contribution in [0.5, 0.6) is 0 Å². The number of nitro groups is 1. The highest BCUT2D eigenvalue weighted by Crippen LogP contribution is 2.16. The molecular weight excluding hydrogens is 344 g/mol. The Morgan fingerprint density at radius 2 is 1.74 bits per heavy atom. The van der Waals surface area contributed by atoms with Crippen molar-refractivity contribution < 1.29 is 9.72 Å². The fourth-order valence-corrected chi connectivity index (χ4v) is 2.60. The summed E-state index contributed by atoms with van der Waals surface area (Å²) in [4.78, 5) is 27.0.